The second kappa shape index (κ2) is 9.32. The molecule has 0 bridgehead atoms. The summed E-state index contributed by atoms with van der Waals surface area (Å²) in [6, 6.07) is 12.2. The molecule has 0 aliphatic heterocycles. The number of nitrogens with zero attached hydrogens (tertiary/aromatic N) is 1. The lowest BCUT2D eigenvalue weighted by Crippen LogP contribution is -2.27. The van der Waals surface area contributed by atoms with E-state index in [4.69, 9.17) is 9.47 Å². The average molecular weight is 400 g/mol. The summed E-state index contributed by atoms with van der Waals surface area (Å²) < 4.78 is 24.3. The first-order valence-corrected chi connectivity index (χ1v) is 9.65. The molecule has 1 amide bonds. The first-order chi connectivity index (χ1) is 13.6. The predicted molar refractivity (Wildman–Crippen MR) is 107 cm³/mol. The van der Waals surface area contributed by atoms with Crippen LogP contribution in [0, 0.1) is 5.82 Å². The molecule has 7 heteroatoms. The molecular weight excluding hydrogens is 379 g/mol. The zero-order valence-electron chi connectivity index (χ0n) is 15.7. The molecule has 1 aromatic heterocycles. The first kappa shape index (κ1) is 19.8. The third kappa shape index (κ3) is 4.86. The monoisotopic (exact) mass is 400 g/mol. The number of amides is 1. The highest BCUT2D eigenvalue weighted by atomic mass is 32.1. The summed E-state index contributed by atoms with van der Waals surface area (Å²) in [7, 11) is 3.18. The van der Waals surface area contributed by atoms with E-state index in [-0.39, 0.29) is 18.1 Å². The number of carbonyl (C=O) groups is 1. The molecule has 0 saturated heterocycles. The molecule has 3 rings (SSSR count). The smallest absolute Gasteiger partial charge is 0.226 e. The molecule has 28 heavy (non-hydrogen) atoms. The fourth-order valence-corrected chi connectivity index (χ4v) is 3.60. The Morgan fingerprint density at radius 2 is 1.93 bits per heavy atom. The SMILES string of the molecule is COc1ccc(CCNC(=O)Cc2csc(-c3ccccc3F)n2)cc1OC. The topological polar surface area (TPSA) is 60.5 Å². The second-order valence-corrected chi connectivity index (χ2v) is 6.95. The number of methoxy groups -OCH3 is 2. The van der Waals surface area contributed by atoms with Crippen molar-refractivity contribution in [3.63, 3.8) is 0 Å². The van der Waals surface area contributed by atoms with E-state index in [0.717, 1.165) is 5.56 Å². The minimum atomic E-state index is -0.317. The predicted octanol–water partition coefficient (Wildman–Crippen LogP) is 3.87. The maximum absolute atomic E-state index is 13.8. The van der Waals surface area contributed by atoms with Crippen molar-refractivity contribution < 1.29 is 18.7 Å². The summed E-state index contributed by atoms with van der Waals surface area (Å²) in [5.41, 5.74) is 2.12. The number of hydrogen-bond acceptors (Lipinski definition) is 5. The van der Waals surface area contributed by atoms with Gasteiger partial charge in [-0.05, 0) is 36.2 Å². The number of rotatable bonds is 8. The minimum Gasteiger partial charge on any atom is -0.493 e. The summed E-state index contributed by atoms with van der Waals surface area (Å²) in [6.45, 7) is 0.499. The first-order valence-electron chi connectivity index (χ1n) is 8.77. The van der Waals surface area contributed by atoms with Gasteiger partial charge in [-0.2, -0.15) is 0 Å². The number of ether oxygens (including phenoxy) is 2. The number of carbonyl (C=O) groups excluding carboxylic acids is 1. The number of aromatic nitrogens is 1. The van der Waals surface area contributed by atoms with E-state index in [1.807, 2.05) is 18.2 Å². The van der Waals surface area contributed by atoms with Crippen LogP contribution in [-0.4, -0.2) is 31.7 Å². The number of thiazole rings is 1. The average Bonchev–Trinajstić information content (AvgIpc) is 3.16. The van der Waals surface area contributed by atoms with Gasteiger partial charge < -0.3 is 14.8 Å². The van der Waals surface area contributed by atoms with Crippen molar-refractivity contribution in [2.45, 2.75) is 12.8 Å². The van der Waals surface area contributed by atoms with Gasteiger partial charge in [0.15, 0.2) is 11.5 Å². The van der Waals surface area contributed by atoms with E-state index in [1.54, 1.807) is 37.8 Å². The van der Waals surface area contributed by atoms with Crippen LogP contribution >= 0.6 is 11.3 Å². The van der Waals surface area contributed by atoms with Crippen LogP contribution in [-0.2, 0) is 17.6 Å². The summed E-state index contributed by atoms with van der Waals surface area (Å²) >= 11 is 1.33. The largest absolute Gasteiger partial charge is 0.493 e. The van der Waals surface area contributed by atoms with Crippen molar-refractivity contribution in [2.75, 3.05) is 20.8 Å². The van der Waals surface area contributed by atoms with Crippen LogP contribution in [0.2, 0.25) is 0 Å². The van der Waals surface area contributed by atoms with Gasteiger partial charge in [0.25, 0.3) is 0 Å². The van der Waals surface area contributed by atoms with Gasteiger partial charge in [-0.15, -0.1) is 11.3 Å². The number of nitrogens with one attached hydrogen (secondary N) is 1. The third-order valence-electron chi connectivity index (χ3n) is 4.18. The van der Waals surface area contributed by atoms with Crippen LogP contribution in [0.4, 0.5) is 4.39 Å². The second-order valence-electron chi connectivity index (χ2n) is 6.09. The van der Waals surface area contributed by atoms with E-state index in [2.05, 4.69) is 10.3 Å². The highest BCUT2D eigenvalue weighted by Crippen LogP contribution is 2.28. The molecule has 0 aliphatic carbocycles. The van der Waals surface area contributed by atoms with Crippen molar-refractivity contribution in [3.8, 4) is 22.1 Å². The summed E-state index contributed by atoms with van der Waals surface area (Å²) in [5.74, 6) is 0.896. The lowest BCUT2D eigenvalue weighted by Gasteiger charge is -2.10. The van der Waals surface area contributed by atoms with Crippen molar-refractivity contribution in [1.82, 2.24) is 10.3 Å². The Morgan fingerprint density at radius 1 is 1.14 bits per heavy atom. The molecule has 0 unspecified atom stereocenters. The van der Waals surface area contributed by atoms with E-state index in [1.165, 1.54) is 17.4 Å². The van der Waals surface area contributed by atoms with Gasteiger partial charge in [0.1, 0.15) is 10.8 Å². The molecule has 3 aromatic rings. The van der Waals surface area contributed by atoms with E-state index < -0.39 is 0 Å². The molecule has 0 radical (unpaired) electrons. The van der Waals surface area contributed by atoms with Crippen LogP contribution in [0.1, 0.15) is 11.3 Å². The highest BCUT2D eigenvalue weighted by molar-refractivity contribution is 7.13. The van der Waals surface area contributed by atoms with Crippen LogP contribution in [0.5, 0.6) is 11.5 Å². The molecule has 0 aliphatic rings. The fraction of sp³-hybridized carbons (Fsp3) is 0.238. The van der Waals surface area contributed by atoms with Crippen LogP contribution in [0.15, 0.2) is 47.8 Å². The lowest BCUT2D eigenvalue weighted by atomic mass is 10.1. The zero-order chi connectivity index (χ0) is 19.9. The van der Waals surface area contributed by atoms with Gasteiger partial charge >= 0.3 is 0 Å². The maximum atomic E-state index is 13.8. The molecule has 0 saturated carbocycles. The Bertz CT molecular complexity index is 958. The van der Waals surface area contributed by atoms with Gasteiger partial charge in [-0.25, -0.2) is 9.37 Å². The highest BCUT2D eigenvalue weighted by Gasteiger charge is 2.12. The molecular formula is C21H21FN2O3S. The van der Waals surface area contributed by atoms with Gasteiger partial charge in [0.2, 0.25) is 5.91 Å². The Balaban J connectivity index is 1.52. The molecule has 146 valence electrons. The number of hydrogen-bond donors (Lipinski definition) is 1. The van der Waals surface area contributed by atoms with Crippen molar-refractivity contribution in [2.24, 2.45) is 0 Å². The maximum Gasteiger partial charge on any atom is 0.226 e. The summed E-state index contributed by atoms with van der Waals surface area (Å²) in [6.07, 6.45) is 0.834. The summed E-state index contributed by atoms with van der Waals surface area (Å²) in [4.78, 5) is 16.6. The Kier molecular flexibility index (Phi) is 6.60. The van der Waals surface area contributed by atoms with E-state index in [9.17, 15) is 9.18 Å². The van der Waals surface area contributed by atoms with Crippen LogP contribution < -0.4 is 14.8 Å². The molecule has 1 N–H and O–H groups in total. The Hall–Kier alpha value is -2.93. The molecule has 5 nitrogen and oxygen atoms in total. The van der Waals surface area contributed by atoms with Gasteiger partial charge in [-0.1, -0.05) is 18.2 Å². The normalized spacial score (nSPS) is 10.5. The number of halogens is 1. The molecule has 0 fully saturated rings. The van der Waals surface area contributed by atoms with Crippen molar-refractivity contribution in [3.05, 3.63) is 64.9 Å². The molecule has 2 aromatic carbocycles. The minimum absolute atomic E-state index is 0.120. The Morgan fingerprint density at radius 3 is 2.68 bits per heavy atom. The quantitative estimate of drug-likeness (QED) is 0.624. The zero-order valence-corrected chi connectivity index (χ0v) is 16.5. The number of benzene rings is 2. The van der Waals surface area contributed by atoms with E-state index in [0.29, 0.717) is 40.7 Å². The molecule has 0 atom stereocenters. The van der Waals surface area contributed by atoms with Crippen molar-refractivity contribution in [1.29, 1.82) is 0 Å². The third-order valence-corrected chi connectivity index (χ3v) is 5.11. The molecule has 0 spiro atoms. The Labute approximate surface area is 167 Å². The lowest BCUT2D eigenvalue weighted by molar-refractivity contribution is -0.120. The van der Waals surface area contributed by atoms with Gasteiger partial charge in [0.05, 0.1) is 26.3 Å². The van der Waals surface area contributed by atoms with Crippen LogP contribution in [0.25, 0.3) is 10.6 Å². The van der Waals surface area contributed by atoms with Gasteiger partial charge in [-0.3, -0.25) is 4.79 Å². The molecule has 1 heterocycles. The fourth-order valence-electron chi connectivity index (χ4n) is 2.76. The summed E-state index contributed by atoms with van der Waals surface area (Å²) in [5, 5.41) is 5.25. The van der Waals surface area contributed by atoms with Crippen molar-refractivity contribution >= 4 is 17.2 Å². The van der Waals surface area contributed by atoms with Gasteiger partial charge in [0, 0.05) is 17.5 Å². The standard InChI is InChI=1S/C21H21FN2O3S/c1-26-18-8-7-14(11-19(18)27-2)9-10-23-20(25)12-15-13-28-21(24-15)16-5-3-4-6-17(16)22/h3-8,11,13H,9-10,12H2,1-2H3,(H,23,25). The van der Waals surface area contributed by atoms with E-state index >= 15 is 0 Å². The van der Waals surface area contributed by atoms with Crippen LogP contribution in [0.3, 0.4) is 0 Å².